The number of hydrogen-bond donors (Lipinski definition) is 3. The topological polar surface area (TPSA) is 36.1 Å². The molecule has 0 heterocycles. The number of nitrogens with one attached hydrogen (secondary N) is 3. The number of aryl methyl sites for hydroxylation is 2. The van der Waals surface area contributed by atoms with Gasteiger partial charge in [-0.1, -0.05) is 31.0 Å². The quantitative estimate of drug-likeness (QED) is 0.427. The van der Waals surface area contributed by atoms with Crippen molar-refractivity contribution in [2.24, 2.45) is 0 Å². The van der Waals surface area contributed by atoms with Gasteiger partial charge in [0.2, 0.25) is 0 Å². The van der Waals surface area contributed by atoms with Crippen molar-refractivity contribution in [1.82, 2.24) is 10.7 Å². The lowest BCUT2D eigenvalue weighted by Gasteiger charge is -2.14. The molecule has 94 valence electrons. The van der Waals surface area contributed by atoms with E-state index in [2.05, 4.69) is 49.1 Å². The van der Waals surface area contributed by atoms with Crippen LogP contribution in [0.15, 0.2) is 18.2 Å². The van der Waals surface area contributed by atoms with Crippen LogP contribution < -0.4 is 16.2 Å². The van der Waals surface area contributed by atoms with Gasteiger partial charge in [-0.25, -0.2) is 0 Å². The number of hydrogen-bond acceptors (Lipinski definition) is 2. The van der Waals surface area contributed by atoms with Crippen molar-refractivity contribution in [3.05, 3.63) is 29.3 Å². The Morgan fingerprint density at radius 1 is 1.29 bits per heavy atom. The molecule has 3 nitrogen and oxygen atoms in total. The zero-order valence-corrected chi connectivity index (χ0v) is 11.6. The second-order valence-corrected chi connectivity index (χ2v) is 4.59. The summed E-state index contributed by atoms with van der Waals surface area (Å²) in [4.78, 5) is 0. The van der Waals surface area contributed by atoms with E-state index in [4.69, 9.17) is 12.2 Å². The van der Waals surface area contributed by atoms with Crippen molar-refractivity contribution in [2.45, 2.75) is 33.6 Å². The molecular formula is C13H21N3S. The summed E-state index contributed by atoms with van der Waals surface area (Å²) in [5.74, 6) is 0. The summed E-state index contributed by atoms with van der Waals surface area (Å²) in [5, 5.41) is 3.78. The SMILES string of the molecule is CCCCNC(=S)NNc1ccc(C)cc1C. The highest BCUT2D eigenvalue weighted by Gasteiger charge is 1.98. The van der Waals surface area contributed by atoms with Gasteiger partial charge in [-0.15, -0.1) is 0 Å². The molecule has 1 rings (SSSR count). The molecule has 0 bridgehead atoms. The van der Waals surface area contributed by atoms with Gasteiger partial charge in [0, 0.05) is 6.54 Å². The van der Waals surface area contributed by atoms with Gasteiger partial charge < -0.3 is 5.32 Å². The Balaban J connectivity index is 2.37. The Kier molecular flexibility index (Phi) is 5.77. The molecule has 0 unspecified atom stereocenters. The van der Waals surface area contributed by atoms with Crippen molar-refractivity contribution in [3.8, 4) is 0 Å². The van der Waals surface area contributed by atoms with Crippen LogP contribution in [0.4, 0.5) is 5.69 Å². The predicted octanol–water partition coefficient (Wildman–Crippen LogP) is 2.89. The van der Waals surface area contributed by atoms with Crippen molar-refractivity contribution in [2.75, 3.05) is 12.0 Å². The monoisotopic (exact) mass is 251 g/mol. The standard InChI is InChI=1S/C13H21N3S/c1-4-5-8-14-13(17)16-15-12-7-6-10(2)9-11(12)3/h6-7,9,15H,4-5,8H2,1-3H3,(H2,14,16,17). The third kappa shape index (κ3) is 5.04. The van der Waals surface area contributed by atoms with E-state index in [-0.39, 0.29) is 0 Å². The van der Waals surface area contributed by atoms with E-state index in [0.29, 0.717) is 5.11 Å². The van der Waals surface area contributed by atoms with E-state index in [1.165, 1.54) is 17.5 Å². The zero-order valence-electron chi connectivity index (χ0n) is 10.8. The molecule has 0 spiro atoms. The summed E-state index contributed by atoms with van der Waals surface area (Å²) in [5.41, 5.74) is 9.62. The molecule has 3 N–H and O–H groups in total. The first-order valence-corrected chi connectivity index (χ1v) is 6.41. The largest absolute Gasteiger partial charge is 0.361 e. The Bertz CT molecular complexity index is 377. The van der Waals surface area contributed by atoms with Crippen LogP contribution in [0.2, 0.25) is 0 Å². The van der Waals surface area contributed by atoms with E-state index < -0.39 is 0 Å². The van der Waals surface area contributed by atoms with E-state index in [0.717, 1.165) is 18.7 Å². The Labute approximate surface area is 109 Å². The maximum absolute atomic E-state index is 5.15. The number of unbranched alkanes of at least 4 members (excludes halogenated alkanes) is 1. The minimum atomic E-state index is 0.637. The fraction of sp³-hybridized carbons (Fsp3) is 0.462. The summed E-state index contributed by atoms with van der Waals surface area (Å²) >= 11 is 5.15. The van der Waals surface area contributed by atoms with Crippen molar-refractivity contribution < 1.29 is 0 Å². The molecule has 17 heavy (non-hydrogen) atoms. The lowest BCUT2D eigenvalue weighted by atomic mass is 10.1. The number of anilines is 1. The molecule has 0 aliphatic heterocycles. The Morgan fingerprint density at radius 2 is 2.06 bits per heavy atom. The van der Waals surface area contributed by atoms with Gasteiger partial charge in [0.05, 0.1) is 5.69 Å². The van der Waals surface area contributed by atoms with E-state index in [1.807, 2.05) is 6.07 Å². The smallest absolute Gasteiger partial charge is 0.185 e. The third-order valence-electron chi connectivity index (χ3n) is 2.51. The van der Waals surface area contributed by atoms with Gasteiger partial charge in [-0.2, -0.15) is 0 Å². The predicted molar refractivity (Wildman–Crippen MR) is 78.2 cm³/mol. The normalized spacial score (nSPS) is 9.82. The van der Waals surface area contributed by atoms with Crippen LogP contribution >= 0.6 is 12.2 Å². The number of thiocarbonyl (C=S) groups is 1. The van der Waals surface area contributed by atoms with Crippen molar-refractivity contribution in [1.29, 1.82) is 0 Å². The number of benzene rings is 1. The van der Waals surface area contributed by atoms with Crippen molar-refractivity contribution in [3.63, 3.8) is 0 Å². The van der Waals surface area contributed by atoms with Crippen LogP contribution in [-0.2, 0) is 0 Å². The molecule has 4 heteroatoms. The highest BCUT2D eigenvalue weighted by Crippen LogP contribution is 2.14. The van der Waals surface area contributed by atoms with Crippen LogP contribution in [0.25, 0.3) is 0 Å². The van der Waals surface area contributed by atoms with Crippen LogP contribution in [0.3, 0.4) is 0 Å². The molecule has 0 radical (unpaired) electrons. The maximum atomic E-state index is 5.15. The average Bonchev–Trinajstić information content (AvgIpc) is 2.28. The molecule has 0 amide bonds. The molecular weight excluding hydrogens is 230 g/mol. The lowest BCUT2D eigenvalue weighted by Crippen LogP contribution is -2.39. The van der Waals surface area contributed by atoms with Gasteiger partial charge in [0.15, 0.2) is 5.11 Å². The van der Waals surface area contributed by atoms with Gasteiger partial charge in [-0.05, 0) is 44.1 Å². The van der Waals surface area contributed by atoms with Crippen molar-refractivity contribution >= 4 is 23.0 Å². The molecule has 0 fully saturated rings. The second kappa shape index (κ2) is 7.12. The highest BCUT2D eigenvalue weighted by molar-refractivity contribution is 7.80. The van der Waals surface area contributed by atoms with Crippen LogP contribution in [0.1, 0.15) is 30.9 Å². The lowest BCUT2D eigenvalue weighted by molar-refractivity contribution is 0.748. The molecule has 1 aromatic carbocycles. The minimum Gasteiger partial charge on any atom is -0.361 e. The van der Waals surface area contributed by atoms with Crippen LogP contribution in [-0.4, -0.2) is 11.7 Å². The van der Waals surface area contributed by atoms with Gasteiger partial charge >= 0.3 is 0 Å². The van der Waals surface area contributed by atoms with Gasteiger partial charge in [-0.3, -0.25) is 10.9 Å². The van der Waals surface area contributed by atoms with E-state index in [1.54, 1.807) is 0 Å². The summed E-state index contributed by atoms with van der Waals surface area (Å²) in [6, 6.07) is 6.26. The third-order valence-corrected chi connectivity index (χ3v) is 2.75. The summed E-state index contributed by atoms with van der Waals surface area (Å²) < 4.78 is 0. The first kappa shape index (κ1) is 13.8. The molecule has 0 aromatic heterocycles. The zero-order chi connectivity index (χ0) is 12.7. The fourth-order valence-corrected chi connectivity index (χ4v) is 1.65. The Hall–Kier alpha value is -1.29. The molecule has 0 saturated heterocycles. The number of hydrazine groups is 1. The van der Waals surface area contributed by atoms with E-state index >= 15 is 0 Å². The summed E-state index contributed by atoms with van der Waals surface area (Å²) in [6.45, 7) is 7.23. The highest BCUT2D eigenvalue weighted by atomic mass is 32.1. The molecule has 1 aromatic rings. The average molecular weight is 251 g/mol. The van der Waals surface area contributed by atoms with Crippen LogP contribution in [0.5, 0.6) is 0 Å². The first-order chi connectivity index (χ1) is 8.13. The number of rotatable bonds is 5. The van der Waals surface area contributed by atoms with Crippen LogP contribution in [0, 0.1) is 13.8 Å². The molecule has 0 aliphatic rings. The van der Waals surface area contributed by atoms with Gasteiger partial charge in [0.25, 0.3) is 0 Å². The second-order valence-electron chi connectivity index (χ2n) is 4.18. The minimum absolute atomic E-state index is 0.637. The fourth-order valence-electron chi connectivity index (χ4n) is 1.50. The Morgan fingerprint density at radius 3 is 2.71 bits per heavy atom. The summed E-state index contributed by atoms with van der Waals surface area (Å²) in [7, 11) is 0. The molecule has 0 saturated carbocycles. The van der Waals surface area contributed by atoms with E-state index in [9.17, 15) is 0 Å². The maximum Gasteiger partial charge on any atom is 0.185 e. The summed E-state index contributed by atoms with van der Waals surface area (Å²) in [6.07, 6.45) is 2.30. The molecule has 0 atom stereocenters. The van der Waals surface area contributed by atoms with Gasteiger partial charge in [0.1, 0.15) is 0 Å². The molecule has 0 aliphatic carbocycles. The first-order valence-electron chi connectivity index (χ1n) is 6.00.